The topological polar surface area (TPSA) is 81.2 Å². The molecule has 2 rings (SSSR count). The van der Waals surface area contributed by atoms with Gasteiger partial charge >= 0.3 is 0 Å². The number of nitrogens with two attached hydrogens (primary N) is 1. The highest BCUT2D eigenvalue weighted by Crippen LogP contribution is 2.31. The maximum Gasteiger partial charge on any atom is 0.162 e. The molecule has 2 aromatic rings. The molecule has 0 aliphatic carbocycles. The summed E-state index contributed by atoms with van der Waals surface area (Å²) in [7, 11) is 1.53. The molecule has 0 bridgehead atoms. The Morgan fingerprint density at radius 3 is 2.60 bits per heavy atom. The summed E-state index contributed by atoms with van der Waals surface area (Å²) in [4.78, 5) is 3.97. The molecule has 0 saturated heterocycles. The van der Waals surface area contributed by atoms with Crippen LogP contribution in [0.3, 0.4) is 0 Å². The summed E-state index contributed by atoms with van der Waals surface area (Å²) in [6.07, 6.45) is 3.09. The number of nitriles is 1. The van der Waals surface area contributed by atoms with Crippen LogP contribution >= 0.6 is 0 Å². The van der Waals surface area contributed by atoms with Gasteiger partial charge in [0.25, 0.3) is 0 Å². The van der Waals surface area contributed by atoms with Crippen molar-refractivity contribution in [3.8, 4) is 17.6 Å². The van der Waals surface area contributed by atoms with Crippen LogP contribution in [0.1, 0.15) is 17.2 Å². The number of hydrogen-bond acceptors (Lipinski definition) is 5. The molecular formula is C15H15N3O2. The van der Waals surface area contributed by atoms with Crippen molar-refractivity contribution in [1.82, 2.24) is 4.98 Å². The molecule has 2 N–H and O–H groups in total. The Bertz CT molecular complexity index is 608. The van der Waals surface area contributed by atoms with Crippen LogP contribution < -0.4 is 15.2 Å². The Morgan fingerprint density at radius 1 is 1.25 bits per heavy atom. The minimum Gasteiger partial charge on any atom is -0.493 e. The number of benzene rings is 1. The summed E-state index contributed by atoms with van der Waals surface area (Å²) >= 11 is 0. The van der Waals surface area contributed by atoms with Gasteiger partial charge in [-0.25, -0.2) is 0 Å². The van der Waals surface area contributed by atoms with Crippen molar-refractivity contribution in [3.63, 3.8) is 0 Å². The SMILES string of the molecule is COc1cc(C#N)ccc1OC(CN)c1ccncc1. The van der Waals surface area contributed by atoms with E-state index in [1.54, 1.807) is 30.6 Å². The molecule has 20 heavy (non-hydrogen) atoms. The molecule has 5 nitrogen and oxygen atoms in total. The molecule has 0 fully saturated rings. The lowest BCUT2D eigenvalue weighted by molar-refractivity contribution is 0.204. The molecule has 5 heteroatoms. The lowest BCUT2D eigenvalue weighted by Crippen LogP contribution is -2.18. The van der Waals surface area contributed by atoms with Crippen molar-refractivity contribution >= 4 is 0 Å². The Kier molecular flexibility index (Phi) is 4.53. The Hall–Kier alpha value is -2.58. The maximum absolute atomic E-state index is 8.88. The summed E-state index contributed by atoms with van der Waals surface area (Å²) in [5, 5.41) is 8.88. The van der Waals surface area contributed by atoms with E-state index < -0.39 is 0 Å². The standard InChI is InChI=1S/C15H15N3O2/c1-19-14-8-11(9-16)2-3-13(14)20-15(10-17)12-4-6-18-7-5-12/h2-8,15H,10,17H2,1H3. The molecule has 1 atom stereocenters. The third-order valence-electron chi connectivity index (χ3n) is 2.85. The highest BCUT2D eigenvalue weighted by molar-refractivity contribution is 5.47. The van der Waals surface area contributed by atoms with Gasteiger partial charge in [-0.3, -0.25) is 4.98 Å². The first-order valence-corrected chi connectivity index (χ1v) is 6.13. The van der Waals surface area contributed by atoms with Gasteiger partial charge in [0.2, 0.25) is 0 Å². The van der Waals surface area contributed by atoms with Gasteiger partial charge in [0.1, 0.15) is 6.10 Å². The molecule has 1 aromatic carbocycles. The summed E-state index contributed by atoms with van der Waals surface area (Å²) in [6, 6.07) is 10.8. The number of methoxy groups -OCH3 is 1. The molecule has 1 aromatic heterocycles. The van der Waals surface area contributed by atoms with Crippen molar-refractivity contribution in [2.75, 3.05) is 13.7 Å². The number of rotatable bonds is 5. The van der Waals surface area contributed by atoms with Crippen molar-refractivity contribution in [1.29, 1.82) is 5.26 Å². The third kappa shape index (κ3) is 3.05. The molecule has 1 heterocycles. The zero-order valence-corrected chi connectivity index (χ0v) is 11.1. The van der Waals surface area contributed by atoms with Crippen LogP contribution in [0.2, 0.25) is 0 Å². The van der Waals surface area contributed by atoms with Crippen LogP contribution in [0.15, 0.2) is 42.7 Å². The predicted molar refractivity (Wildman–Crippen MR) is 74.4 cm³/mol. The lowest BCUT2D eigenvalue weighted by atomic mass is 10.1. The van der Waals surface area contributed by atoms with Gasteiger partial charge < -0.3 is 15.2 Å². The van der Waals surface area contributed by atoms with E-state index in [0.29, 0.717) is 23.6 Å². The second-order valence-electron chi connectivity index (χ2n) is 4.10. The van der Waals surface area contributed by atoms with Crippen molar-refractivity contribution in [2.45, 2.75) is 6.10 Å². The fourth-order valence-electron chi connectivity index (χ4n) is 1.82. The first kappa shape index (κ1) is 13.8. The van der Waals surface area contributed by atoms with Crippen molar-refractivity contribution < 1.29 is 9.47 Å². The van der Waals surface area contributed by atoms with Gasteiger partial charge in [-0.2, -0.15) is 5.26 Å². The van der Waals surface area contributed by atoms with E-state index >= 15 is 0 Å². The third-order valence-corrected chi connectivity index (χ3v) is 2.85. The van der Waals surface area contributed by atoms with Gasteiger partial charge in [0.05, 0.1) is 18.7 Å². The highest BCUT2D eigenvalue weighted by Gasteiger charge is 2.14. The zero-order chi connectivity index (χ0) is 14.4. The summed E-state index contributed by atoms with van der Waals surface area (Å²) in [5.41, 5.74) is 7.22. The monoisotopic (exact) mass is 269 g/mol. The Morgan fingerprint density at radius 2 is 2.00 bits per heavy atom. The van der Waals surface area contributed by atoms with E-state index in [1.165, 1.54) is 7.11 Å². The van der Waals surface area contributed by atoms with Crippen LogP contribution in [-0.4, -0.2) is 18.6 Å². The molecule has 0 aliphatic heterocycles. The number of ether oxygens (including phenoxy) is 2. The van der Waals surface area contributed by atoms with Crippen LogP contribution in [0.5, 0.6) is 11.5 Å². The number of hydrogen-bond donors (Lipinski definition) is 1. The number of pyridine rings is 1. The van der Waals surface area contributed by atoms with Gasteiger partial charge in [-0.15, -0.1) is 0 Å². The maximum atomic E-state index is 8.88. The number of nitrogens with zero attached hydrogens (tertiary/aromatic N) is 2. The summed E-state index contributed by atoms with van der Waals surface area (Å²) in [6.45, 7) is 0.327. The quantitative estimate of drug-likeness (QED) is 0.898. The lowest BCUT2D eigenvalue weighted by Gasteiger charge is -2.19. The molecule has 0 saturated carbocycles. The highest BCUT2D eigenvalue weighted by atomic mass is 16.5. The van der Waals surface area contributed by atoms with E-state index in [1.807, 2.05) is 12.1 Å². The van der Waals surface area contributed by atoms with E-state index in [4.69, 9.17) is 20.5 Å². The Labute approximate surface area is 117 Å². The summed E-state index contributed by atoms with van der Waals surface area (Å²) < 4.78 is 11.1. The van der Waals surface area contributed by atoms with Crippen LogP contribution in [0.25, 0.3) is 0 Å². The second kappa shape index (κ2) is 6.55. The summed E-state index contributed by atoms with van der Waals surface area (Å²) in [5.74, 6) is 1.07. The molecular weight excluding hydrogens is 254 g/mol. The molecule has 0 radical (unpaired) electrons. The number of aromatic nitrogens is 1. The first-order valence-electron chi connectivity index (χ1n) is 6.13. The molecule has 1 unspecified atom stereocenters. The van der Waals surface area contributed by atoms with Crippen LogP contribution in [0, 0.1) is 11.3 Å². The normalized spacial score (nSPS) is 11.4. The van der Waals surface area contributed by atoms with Gasteiger partial charge in [0, 0.05) is 25.0 Å². The van der Waals surface area contributed by atoms with E-state index in [-0.39, 0.29) is 6.10 Å². The second-order valence-corrected chi connectivity index (χ2v) is 4.10. The molecule has 0 aliphatic rings. The van der Waals surface area contributed by atoms with Crippen molar-refractivity contribution in [2.24, 2.45) is 5.73 Å². The Balaban J connectivity index is 2.26. The minimum absolute atomic E-state index is 0.292. The van der Waals surface area contributed by atoms with E-state index in [2.05, 4.69) is 11.1 Å². The molecule has 102 valence electrons. The van der Waals surface area contributed by atoms with Crippen LogP contribution in [0.4, 0.5) is 0 Å². The van der Waals surface area contributed by atoms with Gasteiger partial charge in [-0.1, -0.05) is 0 Å². The van der Waals surface area contributed by atoms with E-state index in [9.17, 15) is 0 Å². The predicted octanol–water partition coefficient (Wildman–Crippen LogP) is 2.04. The van der Waals surface area contributed by atoms with E-state index in [0.717, 1.165) is 5.56 Å². The fourth-order valence-corrected chi connectivity index (χ4v) is 1.82. The van der Waals surface area contributed by atoms with Gasteiger partial charge in [0.15, 0.2) is 11.5 Å². The van der Waals surface area contributed by atoms with Crippen molar-refractivity contribution in [3.05, 3.63) is 53.9 Å². The fraction of sp³-hybridized carbons (Fsp3) is 0.200. The minimum atomic E-state index is -0.292. The first-order chi connectivity index (χ1) is 9.78. The van der Waals surface area contributed by atoms with Crippen LogP contribution in [-0.2, 0) is 0 Å². The molecule has 0 spiro atoms. The zero-order valence-electron chi connectivity index (χ0n) is 11.1. The molecule has 0 amide bonds. The average Bonchev–Trinajstić information content (AvgIpc) is 2.53. The average molecular weight is 269 g/mol. The van der Waals surface area contributed by atoms with Gasteiger partial charge in [-0.05, 0) is 29.8 Å². The largest absolute Gasteiger partial charge is 0.493 e. The smallest absolute Gasteiger partial charge is 0.162 e.